The van der Waals surface area contributed by atoms with Crippen LogP contribution in [-0.4, -0.2) is 62.6 Å². The smallest absolute Gasteiger partial charge is 0.252 e. The third kappa shape index (κ3) is 2.77. The lowest BCUT2D eigenvalue weighted by Gasteiger charge is -2.46. The molecule has 5 nitrogen and oxygen atoms in total. The number of thiophene rings is 1. The van der Waals surface area contributed by atoms with Crippen molar-refractivity contribution >= 4 is 21.4 Å². The molecule has 2 atom stereocenters. The summed E-state index contributed by atoms with van der Waals surface area (Å²) in [5.41, 5.74) is 0.842. The molecule has 2 saturated heterocycles. The number of sulfonamides is 1. The highest BCUT2D eigenvalue weighted by Crippen LogP contribution is 2.30. The van der Waals surface area contributed by atoms with E-state index in [0.29, 0.717) is 17.3 Å². The van der Waals surface area contributed by atoms with E-state index < -0.39 is 10.0 Å². The van der Waals surface area contributed by atoms with E-state index in [4.69, 9.17) is 4.74 Å². The van der Waals surface area contributed by atoms with Gasteiger partial charge in [-0.25, -0.2) is 8.42 Å². The van der Waals surface area contributed by atoms with E-state index in [1.807, 2.05) is 18.4 Å². The second-order valence-corrected chi connectivity index (χ2v) is 8.70. The number of ether oxygens (including phenoxy) is 1. The van der Waals surface area contributed by atoms with E-state index in [0.717, 1.165) is 31.7 Å². The molecule has 0 amide bonds. The van der Waals surface area contributed by atoms with Gasteiger partial charge in [0.25, 0.3) is 10.0 Å². The molecule has 0 aliphatic carbocycles. The summed E-state index contributed by atoms with van der Waals surface area (Å²) in [5, 5.41) is 1.84. The summed E-state index contributed by atoms with van der Waals surface area (Å²) < 4.78 is 33.6. The molecule has 0 bridgehead atoms. The van der Waals surface area contributed by atoms with Crippen molar-refractivity contribution in [2.75, 3.05) is 32.8 Å². The van der Waals surface area contributed by atoms with Crippen molar-refractivity contribution in [1.82, 2.24) is 9.21 Å². The number of hydrogen-bond acceptors (Lipinski definition) is 5. The Hall–Kier alpha value is -0.470. The Bertz CT molecular complexity index is 593. The molecule has 21 heavy (non-hydrogen) atoms. The molecule has 1 aromatic rings. The van der Waals surface area contributed by atoms with Gasteiger partial charge in [0.2, 0.25) is 0 Å². The van der Waals surface area contributed by atoms with Gasteiger partial charge in [-0.2, -0.15) is 4.31 Å². The predicted molar refractivity (Wildman–Crippen MR) is 83.2 cm³/mol. The second-order valence-electron chi connectivity index (χ2n) is 5.65. The average Bonchev–Trinajstić information content (AvgIpc) is 2.93. The zero-order valence-electron chi connectivity index (χ0n) is 12.5. The first kappa shape index (κ1) is 15.4. The Morgan fingerprint density at radius 2 is 2.24 bits per heavy atom. The highest BCUT2D eigenvalue weighted by molar-refractivity contribution is 7.91. The van der Waals surface area contributed by atoms with Crippen molar-refractivity contribution in [3.63, 3.8) is 0 Å². The van der Waals surface area contributed by atoms with Crippen LogP contribution >= 0.6 is 11.3 Å². The summed E-state index contributed by atoms with van der Waals surface area (Å²) >= 11 is 1.31. The topological polar surface area (TPSA) is 49.9 Å². The van der Waals surface area contributed by atoms with Crippen molar-refractivity contribution in [1.29, 1.82) is 0 Å². The van der Waals surface area contributed by atoms with Gasteiger partial charge >= 0.3 is 0 Å². The molecule has 3 heterocycles. The Morgan fingerprint density at radius 3 is 2.90 bits per heavy atom. The van der Waals surface area contributed by atoms with Crippen LogP contribution in [0.1, 0.15) is 18.9 Å². The molecule has 2 fully saturated rings. The summed E-state index contributed by atoms with van der Waals surface area (Å²) in [7, 11) is -3.36. The number of rotatable bonds is 3. The number of fused-ring (bicyclic) bond motifs is 1. The molecule has 0 N–H and O–H groups in total. The molecule has 0 radical (unpaired) electrons. The van der Waals surface area contributed by atoms with Gasteiger partial charge in [-0.15, -0.1) is 11.3 Å². The predicted octanol–water partition coefficient (Wildman–Crippen LogP) is 1.54. The number of hydrogen-bond donors (Lipinski definition) is 0. The van der Waals surface area contributed by atoms with Crippen LogP contribution in [0, 0.1) is 6.92 Å². The minimum atomic E-state index is -3.36. The van der Waals surface area contributed by atoms with Crippen molar-refractivity contribution in [2.24, 2.45) is 0 Å². The fourth-order valence-corrected chi connectivity index (χ4v) is 6.29. The quantitative estimate of drug-likeness (QED) is 0.843. The molecule has 0 aromatic carbocycles. The van der Waals surface area contributed by atoms with E-state index in [9.17, 15) is 8.42 Å². The lowest BCUT2D eigenvalue weighted by molar-refractivity contribution is -0.0911. The van der Waals surface area contributed by atoms with Crippen LogP contribution < -0.4 is 0 Å². The molecular formula is C14H22N2O3S2. The van der Waals surface area contributed by atoms with Crippen molar-refractivity contribution in [3.05, 3.63) is 17.0 Å². The lowest BCUT2D eigenvalue weighted by atomic mass is 10.0. The van der Waals surface area contributed by atoms with Crippen LogP contribution in [-0.2, 0) is 14.8 Å². The minimum absolute atomic E-state index is 0.176. The first-order valence-corrected chi connectivity index (χ1v) is 9.76. The van der Waals surface area contributed by atoms with E-state index in [2.05, 4.69) is 11.8 Å². The molecule has 0 spiro atoms. The van der Waals surface area contributed by atoms with Gasteiger partial charge in [0, 0.05) is 25.7 Å². The average molecular weight is 330 g/mol. The van der Waals surface area contributed by atoms with Gasteiger partial charge in [-0.3, -0.25) is 4.90 Å². The number of nitrogens with zero attached hydrogens (tertiary/aromatic N) is 2. The molecule has 2 aliphatic heterocycles. The minimum Gasteiger partial charge on any atom is -0.375 e. The lowest BCUT2D eigenvalue weighted by Crippen LogP contribution is -2.60. The molecule has 0 saturated carbocycles. The molecule has 2 aliphatic rings. The van der Waals surface area contributed by atoms with E-state index in [1.54, 1.807) is 4.31 Å². The second kappa shape index (κ2) is 5.96. The molecule has 3 rings (SSSR count). The maximum Gasteiger partial charge on any atom is 0.252 e. The summed E-state index contributed by atoms with van der Waals surface area (Å²) in [6.07, 6.45) is 0.958. The Kier molecular flexibility index (Phi) is 4.38. The summed E-state index contributed by atoms with van der Waals surface area (Å²) in [5.74, 6) is 0. The van der Waals surface area contributed by atoms with E-state index in [-0.39, 0.29) is 12.1 Å². The summed E-state index contributed by atoms with van der Waals surface area (Å²) in [4.78, 5) is 2.34. The van der Waals surface area contributed by atoms with Gasteiger partial charge < -0.3 is 4.74 Å². The standard InChI is InChI=1S/C14H22N2O3S2/c1-3-15-7-8-19-13-4-6-16(10-12(13)15)21(17,18)14-11(2)5-9-20-14/h5,9,12-13H,3-4,6-8,10H2,1-2H3/t12-,13+/m1/s1. The SMILES string of the molecule is CCN1CCO[C@H]2CCN(S(=O)(=O)c3sccc3C)C[C@H]21. The summed E-state index contributed by atoms with van der Waals surface area (Å²) in [6, 6.07) is 2.05. The third-order valence-electron chi connectivity index (χ3n) is 4.46. The van der Waals surface area contributed by atoms with Crippen LogP contribution in [0.5, 0.6) is 0 Å². The van der Waals surface area contributed by atoms with E-state index in [1.165, 1.54) is 11.3 Å². The zero-order valence-corrected chi connectivity index (χ0v) is 14.1. The van der Waals surface area contributed by atoms with Gasteiger partial charge in [0.15, 0.2) is 0 Å². The highest BCUT2D eigenvalue weighted by atomic mass is 32.2. The first-order valence-electron chi connectivity index (χ1n) is 7.44. The Labute approximate surface area is 130 Å². The van der Waals surface area contributed by atoms with Crippen LogP contribution in [0.2, 0.25) is 0 Å². The largest absolute Gasteiger partial charge is 0.375 e. The van der Waals surface area contributed by atoms with Gasteiger partial charge in [0.05, 0.1) is 12.7 Å². The maximum atomic E-state index is 12.8. The molecule has 0 unspecified atom stereocenters. The first-order chi connectivity index (χ1) is 10.0. The highest BCUT2D eigenvalue weighted by Gasteiger charge is 2.40. The summed E-state index contributed by atoms with van der Waals surface area (Å²) in [6.45, 7) is 7.67. The number of aryl methyl sites for hydroxylation is 1. The molecule has 1 aromatic heterocycles. The number of likely N-dealkylation sites (N-methyl/N-ethyl adjacent to an activating group) is 1. The van der Waals surface area contributed by atoms with E-state index >= 15 is 0 Å². The number of piperidine rings is 1. The van der Waals surface area contributed by atoms with Gasteiger partial charge in [-0.05, 0) is 36.9 Å². The third-order valence-corrected chi connectivity index (χ3v) is 7.99. The number of morpholine rings is 1. The van der Waals surface area contributed by atoms with Crippen LogP contribution in [0.15, 0.2) is 15.7 Å². The zero-order chi connectivity index (χ0) is 15.0. The Morgan fingerprint density at radius 1 is 1.43 bits per heavy atom. The maximum absolute atomic E-state index is 12.8. The van der Waals surface area contributed by atoms with Gasteiger partial charge in [-0.1, -0.05) is 6.92 Å². The van der Waals surface area contributed by atoms with Crippen molar-refractivity contribution in [3.8, 4) is 0 Å². The monoisotopic (exact) mass is 330 g/mol. The van der Waals surface area contributed by atoms with Crippen LogP contribution in [0.3, 0.4) is 0 Å². The normalized spacial score (nSPS) is 28.5. The molecule has 7 heteroatoms. The van der Waals surface area contributed by atoms with Crippen molar-refractivity contribution in [2.45, 2.75) is 36.6 Å². The fraction of sp³-hybridized carbons (Fsp3) is 0.714. The van der Waals surface area contributed by atoms with Crippen LogP contribution in [0.25, 0.3) is 0 Å². The molecular weight excluding hydrogens is 308 g/mol. The van der Waals surface area contributed by atoms with Crippen LogP contribution in [0.4, 0.5) is 0 Å². The van der Waals surface area contributed by atoms with Crippen molar-refractivity contribution < 1.29 is 13.2 Å². The van der Waals surface area contributed by atoms with Gasteiger partial charge in [0.1, 0.15) is 4.21 Å². The Balaban J connectivity index is 1.83. The molecule has 118 valence electrons. The fourth-order valence-electron chi connectivity index (χ4n) is 3.26.